The normalized spacial score (nSPS) is 32.5. The summed E-state index contributed by atoms with van der Waals surface area (Å²) in [4.78, 5) is 8.68. The van der Waals surface area contributed by atoms with Crippen LogP contribution in [0, 0.1) is 40.4 Å². The van der Waals surface area contributed by atoms with Crippen molar-refractivity contribution in [1.29, 1.82) is 5.26 Å². The number of nitriles is 1. The molecular formula is C31H39F3N6O. The van der Waals surface area contributed by atoms with E-state index < -0.39 is 11.7 Å². The zero-order valence-electron chi connectivity index (χ0n) is 23.3. The molecule has 4 bridgehead atoms. The van der Waals surface area contributed by atoms with Crippen molar-refractivity contribution in [3.8, 4) is 6.07 Å². The summed E-state index contributed by atoms with van der Waals surface area (Å²) in [7, 11) is 0. The Hall–Kier alpha value is -2.90. The summed E-state index contributed by atoms with van der Waals surface area (Å²) < 4.78 is 40.2. The minimum absolute atomic E-state index is 0.0776. The first-order chi connectivity index (χ1) is 19.7. The summed E-state index contributed by atoms with van der Waals surface area (Å²) in [5.74, 6) is 3.34. The summed E-state index contributed by atoms with van der Waals surface area (Å²) in [6.07, 6.45) is 6.99. The number of hydrogen-bond donors (Lipinski definition) is 4. The quantitative estimate of drug-likeness (QED) is 0.306. The van der Waals surface area contributed by atoms with Crippen LogP contribution >= 0.6 is 0 Å². The van der Waals surface area contributed by atoms with Crippen LogP contribution in [0.25, 0.3) is 0 Å². The number of rotatable bonds is 9. The van der Waals surface area contributed by atoms with Gasteiger partial charge in [0.1, 0.15) is 17.5 Å². The molecule has 1 aromatic heterocycles. The van der Waals surface area contributed by atoms with Gasteiger partial charge in [-0.05, 0) is 105 Å². The van der Waals surface area contributed by atoms with Crippen LogP contribution < -0.4 is 16.0 Å². The predicted octanol–water partition coefficient (Wildman–Crippen LogP) is 5.73. The zero-order chi connectivity index (χ0) is 28.6. The van der Waals surface area contributed by atoms with E-state index in [1.165, 1.54) is 37.6 Å². The van der Waals surface area contributed by atoms with Crippen LogP contribution in [0.15, 0.2) is 30.5 Å². The van der Waals surface area contributed by atoms with Crippen LogP contribution in [-0.2, 0) is 12.7 Å². The maximum absolute atomic E-state index is 13.4. The monoisotopic (exact) mass is 568 g/mol. The molecule has 5 aliphatic carbocycles. The van der Waals surface area contributed by atoms with Crippen LogP contribution in [0.5, 0.6) is 0 Å². The van der Waals surface area contributed by atoms with E-state index >= 15 is 0 Å². The number of nitrogens with one attached hydrogen (secondary N) is 3. The number of aliphatic hydroxyl groups excluding tert-OH is 1. The lowest BCUT2D eigenvalue weighted by Gasteiger charge is -2.60. The van der Waals surface area contributed by atoms with E-state index in [1.807, 2.05) is 0 Å². The van der Waals surface area contributed by atoms with Gasteiger partial charge in [-0.25, -0.2) is 4.98 Å². The SMILES string of the molecule is N#Cc1cnc(NCc2ccccc2C(F)(F)F)nc1NCC12CC3CC(C1)C(NCC1CCC(O)CC1)C(C3)C2. The van der Waals surface area contributed by atoms with Gasteiger partial charge in [-0.1, -0.05) is 18.2 Å². The number of nitrogens with zero attached hydrogens (tertiary/aromatic N) is 3. The second kappa shape index (κ2) is 11.4. The summed E-state index contributed by atoms with van der Waals surface area (Å²) in [5, 5.41) is 29.9. The van der Waals surface area contributed by atoms with E-state index in [9.17, 15) is 23.5 Å². The number of hydrogen-bond acceptors (Lipinski definition) is 7. The van der Waals surface area contributed by atoms with E-state index in [0.29, 0.717) is 35.2 Å². The average molecular weight is 569 g/mol. The molecule has 1 heterocycles. The first kappa shape index (κ1) is 28.2. The zero-order valence-corrected chi connectivity index (χ0v) is 23.3. The van der Waals surface area contributed by atoms with Crippen molar-refractivity contribution in [2.75, 3.05) is 23.7 Å². The number of anilines is 2. The topological polar surface area (TPSA) is 106 Å². The standard InChI is InChI=1S/C31H39F3N6O/c32-31(33,34)26-4-2-1-3-21(26)16-37-29-38-17-24(14-35)28(40-29)39-18-30-11-20-9-22(12-30)27(23(10-20)13-30)36-15-19-5-7-25(41)8-6-19/h1-4,17,19-20,22-23,25,27,36,41H,5-13,15-16,18H2,(H2,37,38,39,40). The fraction of sp³-hybridized carbons (Fsp3) is 0.645. The lowest BCUT2D eigenvalue weighted by Crippen LogP contribution is -2.60. The molecule has 1 aromatic carbocycles. The van der Waals surface area contributed by atoms with Gasteiger partial charge in [-0.15, -0.1) is 0 Å². The Morgan fingerprint density at radius 2 is 1.76 bits per heavy atom. The van der Waals surface area contributed by atoms with Gasteiger partial charge in [0, 0.05) is 19.1 Å². The molecule has 0 amide bonds. The molecule has 0 aliphatic heterocycles. The highest BCUT2D eigenvalue weighted by Gasteiger charge is 2.55. The van der Waals surface area contributed by atoms with Crippen LogP contribution in [0.3, 0.4) is 0 Å². The smallest absolute Gasteiger partial charge is 0.393 e. The molecule has 4 N–H and O–H groups in total. The molecule has 41 heavy (non-hydrogen) atoms. The van der Waals surface area contributed by atoms with Crippen LogP contribution in [0.2, 0.25) is 0 Å². The second-order valence-electron chi connectivity index (χ2n) is 13.0. The molecule has 5 aliphatic rings. The molecular weight excluding hydrogens is 529 g/mol. The number of benzene rings is 1. The Kier molecular flexibility index (Phi) is 7.86. The van der Waals surface area contributed by atoms with Crippen molar-refractivity contribution in [3.63, 3.8) is 0 Å². The third-order valence-electron chi connectivity index (χ3n) is 10.2. The van der Waals surface area contributed by atoms with Gasteiger partial charge in [0.05, 0.1) is 17.9 Å². The maximum atomic E-state index is 13.4. The number of aromatic nitrogens is 2. The van der Waals surface area contributed by atoms with Crippen molar-refractivity contribution in [2.24, 2.45) is 29.1 Å². The van der Waals surface area contributed by atoms with Crippen LogP contribution in [0.1, 0.15) is 74.5 Å². The summed E-state index contributed by atoms with van der Waals surface area (Å²) in [6.45, 7) is 1.70. The molecule has 5 fully saturated rings. The fourth-order valence-corrected chi connectivity index (χ4v) is 8.47. The molecule has 2 aromatic rings. The van der Waals surface area contributed by atoms with Gasteiger partial charge >= 0.3 is 6.18 Å². The molecule has 2 unspecified atom stereocenters. The Bertz CT molecular complexity index is 1260. The van der Waals surface area contributed by atoms with Gasteiger partial charge in [-0.2, -0.15) is 23.4 Å². The molecule has 2 atom stereocenters. The minimum Gasteiger partial charge on any atom is -0.393 e. The van der Waals surface area contributed by atoms with Crippen molar-refractivity contribution >= 4 is 11.8 Å². The Balaban J connectivity index is 1.09. The predicted molar refractivity (Wildman–Crippen MR) is 150 cm³/mol. The number of halogens is 3. The molecule has 220 valence electrons. The molecule has 0 spiro atoms. The summed E-state index contributed by atoms with van der Waals surface area (Å²) in [6, 6.07) is 8.17. The Morgan fingerprint density at radius 3 is 2.46 bits per heavy atom. The molecule has 7 rings (SSSR count). The van der Waals surface area contributed by atoms with Gasteiger partial charge in [0.25, 0.3) is 0 Å². The van der Waals surface area contributed by atoms with E-state index in [4.69, 9.17) is 0 Å². The van der Waals surface area contributed by atoms with E-state index in [-0.39, 0.29) is 29.6 Å². The fourth-order valence-electron chi connectivity index (χ4n) is 8.47. The van der Waals surface area contributed by atoms with Gasteiger partial charge in [0.2, 0.25) is 5.95 Å². The van der Waals surface area contributed by atoms with Crippen molar-refractivity contribution in [2.45, 2.75) is 82.7 Å². The minimum atomic E-state index is -4.44. The van der Waals surface area contributed by atoms with Gasteiger partial charge < -0.3 is 21.1 Å². The summed E-state index contributed by atoms with van der Waals surface area (Å²) in [5.41, 5.74) is -0.0828. The van der Waals surface area contributed by atoms with E-state index in [1.54, 1.807) is 6.07 Å². The lowest BCUT2D eigenvalue weighted by atomic mass is 9.48. The van der Waals surface area contributed by atoms with E-state index in [0.717, 1.165) is 63.6 Å². The van der Waals surface area contributed by atoms with Gasteiger partial charge in [-0.3, -0.25) is 0 Å². The third kappa shape index (κ3) is 6.17. The maximum Gasteiger partial charge on any atom is 0.416 e. The number of alkyl halides is 3. The second-order valence-corrected chi connectivity index (χ2v) is 13.0. The molecule has 0 radical (unpaired) electrons. The highest BCUT2D eigenvalue weighted by atomic mass is 19.4. The Morgan fingerprint density at radius 1 is 1.02 bits per heavy atom. The number of aliphatic hydroxyl groups is 1. The van der Waals surface area contributed by atoms with Crippen molar-refractivity contribution < 1.29 is 18.3 Å². The van der Waals surface area contributed by atoms with Crippen molar-refractivity contribution in [1.82, 2.24) is 15.3 Å². The molecule has 0 saturated heterocycles. The highest BCUT2D eigenvalue weighted by molar-refractivity contribution is 5.53. The van der Waals surface area contributed by atoms with Crippen LogP contribution in [0.4, 0.5) is 24.9 Å². The lowest BCUT2D eigenvalue weighted by molar-refractivity contribution is -0.138. The molecule has 5 saturated carbocycles. The highest BCUT2D eigenvalue weighted by Crippen LogP contribution is 2.60. The Labute approximate surface area is 239 Å². The molecule has 10 heteroatoms. The van der Waals surface area contributed by atoms with Crippen molar-refractivity contribution in [3.05, 3.63) is 47.2 Å². The van der Waals surface area contributed by atoms with Gasteiger partial charge in [0.15, 0.2) is 0 Å². The largest absolute Gasteiger partial charge is 0.416 e. The third-order valence-corrected chi connectivity index (χ3v) is 10.2. The first-order valence-corrected chi connectivity index (χ1v) is 15.0. The molecule has 7 nitrogen and oxygen atoms in total. The summed E-state index contributed by atoms with van der Waals surface area (Å²) >= 11 is 0. The average Bonchev–Trinajstić information content (AvgIpc) is 2.95. The van der Waals surface area contributed by atoms with E-state index in [2.05, 4.69) is 32.0 Å². The van der Waals surface area contributed by atoms with Crippen LogP contribution in [-0.4, -0.2) is 40.3 Å². The first-order valence-electron chi connectivity index (χ1n) is 15.0.